The molecule has 1 fully saturated rings. The van der Waals surface area contributed by atoms with Crippen LogP contribution < -0.4 is 10.1 Å². The van der Waals surface area contributed by atoms with Gasteiger partial charge in [-0.3, -0.25) is 4.79 Å². The molecule has 1 aromatic rings. The highest BCUT2D eigenvalue weighted by Crippen LogP contribution is 2.38. The first kappa shape index (κ1) is 29.2. The fraction of sp³-hybridized carbons (Fsp3) is 0.577. The zero-order chi connectivity index (χ0) is 24.9. The van der Waals surface area contributed by atoms with E-state index in [9.17, 15) is 13.6 Å². The molecule has 1 amide bonds. The first-order chi connectivity index (χ1) is 15.6. The Balaban J connectivity index is 0.000000801. The minimum absolute atomic E-state index is 0.175. The second kappa shape index (κ2) is 15.1. The summed E-state index contributed by atoms with van der Waals surface area (Å²) in [6.07, 6.45) is 4.52. The molecule has 1 aromatic carbocycles. The Morgan fingerprint density at radius 1 is 1.36 bits per heavy atom. The Morgan fingerprint density at radius 3 is 2.48 bits per heavy atom. The van der Waals surface area contributed by atoms with E-state index < -0.39 is 11.8 Å². The molecule has 0 spiro atoms. The van der Waals surface area contributed by atoms with Crippen LogP contribution in [0.15, 0.2) is 53.5 Å². The van der Waals surface area contributed by atoms with E-state index in [4.69, 9.17) is 4.74 Å². The average molecular weight is 483 g/mol. The van der Waals surface area contributed by atoms with Gasteiger partial charge < -0.3 is 10.1 Å². The molecule has 1 aliphatic carbocycles. The highest BCUT2D eigenvalue weighted by Gasteiger charge is 2.42. The van der Waals surface area contributed by atoms with Crippen LogP contribution in [0.25, 0.3) is 0 Å². The summed E-state index contributed by atoms with van der Waals surface area (Å²) in [7, 11) is 1.65. The normalized spacial score (nSPS) is 17.2. The molecule has 0 heterocycles. The molecule has 186 valence electrons. The Bertz CT molecular complexity index is 751. The standard InChI is InChI=1S/C20H30F2N2O2S.C6H10/c1-15(2)14-24(27-18-7-5-17(26-3)6-8-18)12-4-11-23-19(25)16-9-10-20(21,22)13-16;1-4-5-6(2)3/h5-8,15-16H,4,9-14H2,1-3H3,(H,23,25);4-5H,2H2,1,3H3/b;5-4-. The Morgan fingerprint density at radius 2 is 2.03 bits per heavy atom. The van der Waals surface area contributed by atoms with E-state index in [2.05, 4.69) is 30.0 Å². The van der Waals surface area contributed by atoms with Crippen LogP contribution in [0.3, 0.4) is 0 Å². The number of carbonyl (C=O) groups excluding carboxylic acids is 1. The van der Waals surface area contributed by atoms with Crippen molar-refractivity contribution >= 4 is 17.9 Å². The number of halogens is 2. The molecule has 0 aliphatic heterocycles. The second-order valence-corrected chi connectivity index (χ2v) is 10.0. The molecule has 2 rings (SSSR count). The second-order valence-electron chi connectivity index (χ2n) is 8.84. The van der Waals surface area contributed by atoms with Crippen molar-refractivity contribution in [2.75, 3.05) is 26.7 Å². The minimum atomic E-state index is -2.68. The molecule has 7 heteroatoms. The number of ether oxygens (including phenoxy) is 1. The van der Waals surface area contributed by atoms with Crippen molar-refractivity contribution in [3.63, 3.8) is 0 Å². The number of amides is 1. The predicted octanol–water partition coefficient (Wildman–Crippen LogP) is 6.74. The zero-order valence-electron chi connectivity index (χ0n) is 20.7. The van der Waals surface area contributed by atoms with Crippen molar-refractivity contribution in [2.45, 2.75) is 64.2 Å². The molecule has 1 N–H and O–H groups in total. The molecule has 4 nitrogen and oxygen atoms in total. The molecular weight excluding hydrogens is 442 g/mol. The minimum Gasteiger partial charge on any atom is -0.497 e. The van der Waals surface area contributed by atoms with Crippen LogP contribution >= 0.6 is 11.9 Å². The average Bonchev–Trinajstić information content (AvgIpc) is 3.11. The van der Waals surface area contributed by atoms with E-state index in [0.717, 1.165) is 35.7 Å². The molecule has 1 atom stereocenters. The van der Waals surface area contributed by atoms with Crippen molar-refractivity contribution in [1.29, 1.82) is 0 Å². The smallest absolute Gasteiger partial charge is 0.248 e. The van der Waals surface area contributed by atoms with Crippen LogP contribution in [0.4, 0.5) is 8.78 Å². The molecule has 0 radical (unpaired) electrons. The van der Waals surface area contributed by atoms with Gasteiger partial charge in [-0.1, -0.05) is 38.2 Å². The number of rotatable bonds is 11. The Labute approximate surface area is 203 Å². The quantitative estimate of drug-likeness (QED) is 0.215. The summed E-state index contributed by atoms with van der Waals surface area (Å²) >= 11 is 1.69. The third-order valence-corrected chi connectivity index (χ3v) is 6.04. The summed E-state index contributed by atoms with van der Waals surface area (Å²) in [5.41, 5.74) is 1.11. The maximum atomic E-state index is 13.2. The van der Waals surface area contributed by atoms with E-state index >= 15 is 0 Å². The van der Waals surface area contributed by atoms with Crippen LogP contribution in [0.2, 0.25) is 0 Å². The molecule has 1 unspecified atom stereocenters. The molecule has 33 heavy (non-hydrogen) atoms. The number of methoxy groups -OCH3 is 1. The fourth-order valence-electron chi connectivity index (χ4n) is 3.44. The Kier molecular flexibility index (Phi) is 13.4. The first-order valence-corrected chi connectivity index (χ1v) is 12.3. The van der Waals surface area contributed by atoms with Crippen molar-refractivity contribution in [1.82, 2.24) is 9.62 Å². The number of hydrogen-bond acceptors (Lipinski definition) is 4. The summed E-state index contributed by atoms with van der Waals surface area (Å²) in [5.74, 6) is -2.10. The molecular formula is C26H40F2N2O2S. The maximum absolute atomic E-state index is 13.2. The number of nitrogens with one attached hydrogen (secondary N) is 1. The summed E-state index contributed by atoms with van der Waals surface area (Å²) in [5, 5.41) is 2.83. The molecule has 0 aromatic heterocycles. The zero-order valence-corrected chi connectivity index (χ0v) is 21.5. The summed E-state index contributed by atoms with van der Waals surface area (Å²) in [6.45, 7) is 14.2. The SMILES string of the molecule is C=C(C)/C=C\C.COc1ccc(SN(CCCNC(=O)C2CCC(F)(F)C2)CC(C)C)cc1. The van der Waals surface area contributed by atoms with Gasteiger partial charge in [0.25, 0.3) is 0 Å². The number of hydrogen-bond donors (Lipinski definition) is 1. The maximum Gasteiger partial charge on any atom is 0.248 e. The lowest BCUT2D eigenvalue weighted by atomic mass is 10.1. The number of carbonyl (C=O) groups is 1. The van der Waals surface area contributed by atoms with Gasteiger partial charge in [-0.15, -0.1) is 0 Å². The van der Waals surface area contributed by atoms with E-state index in [1.807, 2.05) is 50.3 Å². The predicted molar refractivity (Wildman–Crippen MR) is 135 cm³/mol. The number of alkyl halides is 2. The lowest BCUT2D eigenvalue weighted by Gasteiger charge is -2.23. The number of benzene rings is 1. The third-order valence-electron chi connectivity index (χ3n) is 4.97. The van der Waals surface area contributed by atoms with Gasteiger partial charge in [0.1, 0.15) is 5.75 Å². The van der Waals surface area contributed by atoms with Gasteiger partial charge in [-0.05, 0) is 68.8 Å². The molecule has 1 aliphatic rings. The topological polar surface area (TPSA) is 41.6 Å². The molecule has 0 saturated heterocycles. The van der Waals surface area contributed by atoms with Crippen LogP contribution in [0.1, 0.15) is 53.4 Å². The van der Waals surface area contributed by atoms with E-state index in [1.54, 1.807) is 19.1 Å². The summed E-state index contributed by atoms with van der Waals surface area (Å²) in [6, 6.07) is 7.93. The molecule has 1 saturated carbocycles. The highest BCUT2D eigenvalue weighted by molar-refractivity contribution is 7.97. The van der Waals surface area contributed by atoms with E-state index in [0.29, 0.717) is 12.5 Å². The van der Waals surface area contributed by atoms with Crippen molar-refractivity contribution in [2.24, 2.45) is 11.8 Å². The lowest BCUT2D eigenvalue weighted by molar-refractivity contribution is -0.125. The largest absolute Gasteiger partial charge is 0.497 e. The third kappa shape index (κ3) is 12.8. The number of nitrogens with zero attached hydrogens (tertiary/aromatic N) is 1. The van der Waals surface area contributed by atoms with Crippen LogP contribution in [-0.4, -0.2) is 42.9 Å². The van der Waals surface area contributed by atoms with Gasteiger partial charge in [-0.25, -0.2) is 13.1 Å². The highest BCUT2D eigenvalue weighted by atomic mass is 32.2. The number of allylic oxidation sites excluding steroid dienone is 3. The van der Waals surface area contributed by atoms with Crippen LogP contribution in [-0.2, 0) is 4.79 Å². The fourth-order valence-corrected chi connectivity index (χ4v) is 4.59. The summed E-state index contributed by atoms with van der Waals surface area (Å²) < 4.78 is 33.9. The lowest BCUT2D eigenvalue weighted by Crippen LogP contribution is -2.32. The van der Waals surface area contributed by atoms with Gasteiger partial charge in [-0.2, -0.15) is 0 Å². The monoisotopic (exact) mass is 482 g/mol. The van der Waals surface area contributed by atoms with Gasteiger partial charge >= 0.3 is 0 Å². The summed E-state index contributed by atoms with van der Waals surface area (Å²) in [4.78, 5) is 13.2. The van der Waals surface area contributed by atoms with Crippen molar-refractivity contribution in [3.8, 4) is 5.75 Å². The van der Waals surface area contributed by atoms with Crippen molar-refractivity contribution < 1.29 is 18.3 Å². The van der Waals surface area contributed by atoms with Crippen LogP contribution in [0, 0.1) is 11.8 Å². The molecule has 0 bridgehead atoms. The van der Waals surface area contributed by atoms with Crippen molar-refractivity contribution in [3.05, 3.63) is 48.6 Å². The van der Waals surface area contributed by atoms with E-state index in [-0.39, 0.29) is 25.2 Å². The van der Waals surface area contributed by atoms with Gasteiger partial charge in [0.15, 0.2) is 0 Å². The first-order valence-electron chi connectivity index (χ1n) is 11.6. The van der Waals surface area contributed by atoms with Gasteiger partial charge in [0.2, 0.25) is 11.8 Å². The van der Waals surface area contributed by atoms with Gasteiger partial charge in [0.05, 0.1) is 7.11 Å². The van der Waals surface area contributed by atoms with Gasteiger partial charge in [0, 0.05) is 43.3 Å². The van der Waals surface area contributed by atoms with E-state index in [1.165, 1.54) is 0 Å². The van der Waals surface area contributed by atoms with Crippen LogP contribution in [0.5, 0.6) is 5.75 Å². The Hall–Kier alpha value is -1.86.